The van der Waals surface area contributed by atoms with Crippen LogP contribution in [0.25, 0.3) is 0 Å². The minimum absolute atomic E-state index is 0.346. The molecule has 0 saturated heterocycles. The lowest BCUT2D eigenvalue weighted by Crippen LogP contribution is -2.38. The topological polar surface area (TPSA) is 60.7 Å². The summed E-state index contributed by atoms with van der Waals surface area (Å²) in [6, 6.07) is 0. The summed E-state index contributed by atoms with van der Waals surface area (Å²) in [5, 5.41) is 30.3. The van der Waals surface area contributed by atoms with Gasteiger partial charge in [0.15, 0.2) is 0 Å². The van der Waals surface area contributed by atoms with E-state index in [1.165, 1.54) is 25.7 Å². The van der Waals surface area contributed by atoms with Crippen molar-refractivity contribution >= 4 is 0 Å². The van der Waals surface area contributed by atoms with Crippen LogP contribution in [0.5, 0.6) is 0 Å². The highest BCUT2D eigenvalue weighted by molar-refractivity contribution is 5.38. The Kier molecular flexibility index (Phi) is 7.61. The molecule has 0 radical (unpaired) electrons. The maximum Gasteiger partial charge on any atom is 0.0811 e. The van der Waals surface area contributed by atoms with Crippen LogP contribution in [0.4, 0.5) is 0 Å². The van der Waals surface area contributed by atoms with Gasteiger partial charge >= 0.3 is 0 Å². The summed E-state index contributed by atoms with van der Waals surface area (Å²) in [5.74, 6) is 2.74. The van der Waals surface area contributed by atoms with Crippen LogP contribution in [-0.4, -0.2) is 33.1 Å². The number of rotatable bonds is 6. The molecule has 7 atom stereocenters. The number of hydrogen-bond donors (Lipinski definition) is 3. The van der Waals surface area contributed by atoms with Crippen molar-refractivity contribution in [2.24, 2.45) is 29.1 Å². The number of aliphatic hydroxyl groups is 3. The second-order valence-corrected chi connectivity index (χ2v) is 12.0. The van der Waals surface area contributed by atoms with Crippen LogP contribution in [0.3, 0.4) is 0 Å². The first kappa shape index (κ1) is 24.7. The summed E-state index contributed by atoms with van der Waals surface area (Å²) in [6.45, 7) is 15.3. The van der Waals surface area contributed by atoms with Crippen LogP contribution in [0.15, 0.2) is 35.5 Å². The average molecular weight is 431 g/mol. The molecule has 3 aliphatic carbocycles. The predicted octanol–water partition coefficient (Wildman–Crippen LogP) is 5.95. The molecule has 0 aromatic heterocycles. The van der Waals surface area contributed by atoms with Gasteiger partial charge in [0, 0.05) is 6.42 Å². The molecule has 0 aromatic carbocycles. The van der Waals surface area contributed by atoms with Crippen LogP contribution >= 0.6 is 0 Å². The molecule has 31 heavy (non-hydrogen) atoms. The van der Waals surface area contributed by atoms with Gasteiger partial charge < -0.3 is 15.3 Å². The number of allylic oxidation sites excluding steroid dienone is 3. The van der Waals surface area contributed by atoms with Crippen molar-refractivity contribution in [3.8, 4) is 0 Å². The molecule has 0 spiro atoms. The van der Waals surface area contributed by atoms with Crippen molar-refractivity contribution in [1.29, 1.82) is 0 Å². The van der Waals surface area contributed by atoms with Crippen LogP contribution in [-0.2, 0) is 0 Å². The van der Waals surface area contributed by atoms with E-state index in [4.69, 9.17) is 0 Å². The predicted molar refractivity (Wildman–Crippen MR) is 129 cm³/mol. The summed E-state index contributed by atoms with van der Waals surface area (Å²) >= 11 is 0. The van der Waals surface area contributed by atoms with E-state index in [9.17, 15) is 15.3 Å². The Morgan fingerprint density at radius 2 is 1.90 bits per heavy atom. The first-order chi connectivity index (χ1) is 14.4. The number of fused-ring (bicyclic) bond motifs is 1. The van der Waals surface area contributed by atoms with Crippen molar-refractivity contribution in [2.75, 3.05) is 0 Å². The van der Waals surface area contributed by atoms with Gasteiger partial charge in [-0.2, -0.15) is 0 Å². The van der Waals surface area contributed by atoms with Gasteiger partial charge in [-0.05, 0) is 92.6 Å². The lowest BCUT2D eigenvalue weighted by Gasteiger charge is -2.47. The highest BCUT2D eigenvalue weighted by atomic mass is 16.3. The van der Waals surface area contributed by atoms with Gasteiger partial charge in [0.05, 0.1) is 17.8 Å². The summed E-state index contributed by atoms with van der Waals surface area (Å²) in [6.07, 6.45) is 12.6. The molecule has 0 aromatic rings. The van der Waals surface area contributed by atoms with Crippen molar-refractivity contribution in [3.63, 3.8) is 0 Å². The van der Waals surface area contributed by atoms with Crippen molar-refractivity contribution < 1.29 is 15.3 Å². The zero-order chi connectivity index (χ0) is 23.0. The van der Waals surface area contributed by atoms with Crippen LogP contribution in [0, 0.1) is 29.1 Å². The molecule has 0 unspecified atom stereocenters. The van der Waals surface area contributed by atoms with Gasteiger partial charge in [0.25, 0.3) is 0 Å². The van der Waals surface area contributed by atoms with Crippen LogP contribution in [0.2, 0.25) is 0 Å². The lowest BCUT2D eigenvalue weighted by atomic mass is 9.58. The molecule has 0 heterocycles. The first-order valence-electron chi connectivity index (χ1n) is 12.6. The van der Waals surface area contributed by atoms with Gasteiger partial charge in [-0.15, -0.1) is 0 Å². The average Bonchev–Trinajstić information content (AvgIpc) is 2.98. The second kappa shape index (κ2) is 9.53. The van der Waals surface area contributed by atoms with Gasteiger partial charge in [-0.25, -0.2) is 0 Å². The van der Waals surface area contributed by atoms with Gasteiger partial charge in [0.1, 0.15) is 0 Å². The Morgan fingerprint density at radius 3 is 2.58 bits per heavy atom. The van der Waals surface area contributed by atoms with E-state index < -0.39 is 17.8 Å². The standard InChI is InChI=1S/C28H46O3/c1-18-14-22(10-9-21-15-23(29)16-26(30)20(21)3)25-12-11-24(28(25,6)17-18)19(2)8-7-13-27(4,5)31/h9-10,18-19,23-26,29-31H,3,7-8,11-17H2,1-2,4-6H3/b21-9+,22-10+/t18-,19+,23+,24+,25-,26-,28+/m0/s1. The van der Waals surface area contributed by atoms with Crippen LogP contribution in [0.1, 0.15) is 92.4 Å². The zero-order valence-electron chi connectivity index (χ0n) is 20.5. The Bertz CT molecular complexity index is 712. The molecule has 0 aliphatic heterocycles. The SMILES string of the molecule is C=C1/C(=C/C=C2\C[C@H](C)C[C@]3(C)[C@@H]([C@H](C)CCCC(C)(C)O)CC[C@@H]23)C[C@@H](O)C[C@@H]1O. The normalized spacial score (nSPS) is 40.4. The van der Waals surface area contributed by atoms with Gasteiger partial charge in [0.2, 0.25) is 0 Å². The molecular formula is C28H46O3. The summed E-state index contributed by atoms with van der Waals surface area (Å²) in [4.78, 5) is 0. The van der Waals surface area contributed by atoms with Crippen molar-refractivity contribution in [2.45, 2.75) is 110 Å². The van der Waals surface area contributed by atoms with E-state index in [1.807, 2.05) is 13.8 Å². The molecule has 3 saturated carbocycles. The third-order valence-corrected chi connectivity index (χ3v) is 8.63. The molecule has 3 aliphatic rings. The Morgan fingerprint density at radius 1 is 1.19 bits per heavy atom. The fraction of sp³-hybridized carbons (Fsp3) is 0.786. The summed E-state index contributed by atoms with van der Waals surface area (Å²) in [7, 11) is 0. The Hall–Kier alpha value is -0.900. The smallest absolute Gasteiger partial charge is 0.0811 e. The van der Waals surface area contributed by atoms with Crippen LogP contribution < -0.4 is 0 Å². The van der Waals surface area contributed by atoms with E-state index in [0.29, 0.717) is 36.0 Å². The molecule has 3 N–H and O–H groups in total. The maximum atomic E-state index is 10.2. The van der Waals surface area contributed by atoms with E-state index in [1.54, 1.807) is 5.57 Å². The van der Waals surface area contributed by atoms with E-state index >= 15 is 0 Å². The highest BCUT2D eigenvalue weighted by Crippen LogP contribution is 2.61. The third-order valence-electron chi connectivity index (χ3n) is 8.63. The monoisotopic (exact) mass is 430 g/mol. The quantitative estimate of drug-likeness (QED) is 0.488. The molecule has 3 nitrogen and oxygen atoms in total. The molecule has 3 heteroatoms. The van der Waals surface area contributed by atoms with E-state index in [0.717, 1.165) is 36.3 Å². The first-order valence-corrected chi connectivity index (χ1v) is 12.6. The van der Waals surface area contributed by atoms with Gasteiger partial charge in [-0.1, -0.05) is 57.9 Å². The van der Waals surface area contributed by atoms with E-state index in [2.05, 4.69) is 39.5 Å². The third kappa shape index (κ3) is 5.72. The Labute approximate surface area is 190 Å². The molecule has 0 bridgehead atoms. The minimum atomic E-state index is -0.621. The second-order valence-electron chi connectivity index (χ2n) is 12.0. The zero-order valence-corrected chi connectivity index (χ0v) is 20.5. The van der Waals surface area contributed by atoms with E-state index in [-0.39, 0.29) is 0 Å². The molecule has 3 rings (SSSR count). The molecular weight excluding hydrogens is 384 g/mol. The fourth-order valence-electron chi connectivity index (χ4n) is 7.18. The molecule has 3 fully saturated rings. The molecule has 176 valence electrons. The summed E-state index contributed by atoms with van der Waals surface area (Å²) in [5.41, 5.74) is 3.13. The fourth-order valence-corrected chi connectivity index (χ4v) is 7.18. The van der Waals surface area contributed by atoms with Crippen molar-refractivity contribution in [1.82, 2.24) is 0 Å². The lowest BCUT2D eigenvalue weighted by molar-refractivity contribution is 0.0541. The number of aliphatic hydroxyl groups excluding tert-OH is 2. The maximum absolute atomic E-state index is 10.2. The minimum Gasteiger partial charge on any atom is -0.393 e. The Balaban J connectivity index is 1.75. The number of hydrogen-bond acceptors (Lipinski definition) is 3. The van der Waals surface area contributed by atoms with Crippen molar-refractivity contribution in [3.05, 3.63) is 35.5 Å². The highest BCUT2D eigenvalue weighted by Gasteiger charge is 2.51. The van der Waals surface area contributed by atoms with Gasteiger partial charge in [-0.3, -0.25) is 0 Å². The summed E-state index contributed by atoms with van der Waals surface area (Å²) < 4.78 is 0. The molecule has 0 amide bonds. The largest absolute Gasteiger partial charge is 0.393 e.